The molecule has 0 spiro atoms. The van der Waals surface area contributed by atoms with E-state index in [-0.39, 0.29) is 6.07 Å². The van der Waals surface area contributed by atoms with Crippen LogP contribution in [0.25, 0.3) is 11.6 Å². The molecule has 0 aliphatic carbocycles. The van der Waals surface area contributed by atoms with Gasteiger partial charge in [-0.25, -0.2) is 18.6 Å². The van der Waals surface area contributed by atoms with Gasteiger partial charge in [0.05, 0.1) is 17.7 Å². The summed E-state index contributed by atoms with van der Waals surface area (Å²) in [5.74, 6) is -8.24. The summed E-state index contributed by atoms with van der Waals surface area (Å²) in [4.78, 5) is 28.6. The monoisotopic (exact) mass is 574 g/mol. The molecule has 0 saturated carbocycles. The second kappa shape index (κ2) is 9.98. The number of carbonyl (C=O) groups excluding carboxylic acids is 2. The average Bonchev–Trinajstić information content (AvgIpc) is 3.23. The van der Waals surface area contributed by atoms with E-state index >= 15 is 0 Å². The molecule has 39 heavy (non-hydrogen) atoms. The maximum absolute atomic E-state index is 14.5. The molecule has 0 unspecified atom stereocenters. The smallest absolute Gasteiger partial charge is 0.426 e. The molecule has 0 fully saturated rings. The molecule has 1 atom stereocenters. The van der Waals surface area contributed by atoms with Crippen molar-refractivity contribution in [1.29, 1.82) is 0 Å². The van der Waals surface area contributed by atoms with E-state index in [2.05, 4.69) is 15.2 Å². The summed E-state index contributed by atoms with van der Waals surface area (Å²) in [6.45, 7) is 4.28. The van der Waals surface area contributed by atoms with E-state index < -0.39 is 108 Å². The highest BCUT2D eigenvalue weighted by atomic mass is 19.4. The van der Waals surface area contributed by atoms with Gasteiger partial charge in [0.1, 0.15) is 11.3 Å². The molecular weight excluding hydrogens is 552 g/mol. The number of amides is 1. The van der Waals surface area contributed by atoms with E-state index in [0.717, 1.165) is 0 Å². The molecule has 2 N–H and O–H groups in total. The Morgan fingerprint density at radius 1 is 1.08 bits per heavy atom. The van der Waals surface area contributed by atoms with Gasteiger partial charge in [0.2, 0.25) is 5.60 Å². The summed E-state index contributed by atoms with van der Waals surface area (Å²) in [6.07, 6.45) is -17.4. The number of halogens is 8. The Labute approximate surface area is 214 Å². The van der Waals surface area contributed by atoms with Crippen molar-refractivity contribution in [2.24, 2.45) is 0 Å². The minimum atomic E-state index is -5.75. The summed E-state index contributed by atoms with van der Waals surface area (Å²) in [7, 11) is 0. The highest BCUT2D eigenvalue weighted by molar-refractivity contribution is 5.98. The number of anilines is 1. The van der Waals surface area contributed by atoms with Gasteiger partial charge in [-0.2, -0.15) is 26.3 Å². The number of hydrogen-bond donors (Lipinski definition) is 2. The largest absolute Gasteiger partial charge is 0.444 e. The van der Waals surface area contributed by atoms with E-state index in [9.17, 15) is 49.8 Å². The zero-order valence-electron chi connectivity index (χ0n) is 20.6. The highest BCUT2D eigenvalue weighted by Gasteiger charge is 2.63. The maximum atomic E-state index is 14.5. The number of carbonyl (C=O) groups is 2. The molecule has 0 saturated heterocycles. The second-order valence-corrected chi connectivity index (χ2v) is 9.84. The molecular formula is C22H22F8N4O5. The lowest BCUT2D eigenvalue weighted by atomic mass is 9.91. The quantitative estimate of drug-likeness (QED) is 0.396. The molecule has 2 aromatic heterocycles. The van der Waals surface area contributed by atoms with Crippen LogP contribution in [-0.2, 0) is 16.5 Å². The Hall–Kier alpha value is -3.37. The number of rotatable bonds is 1. The lowest BCUT2D eigenvalue weighted by molar-refractivity contribution is -0.294. The van der Waals surface area contributed by atoms with Gasteiger partial charge in [-0.15, -0.1) is 10.2 Å². The molecule has 0 aromatic carbocycles. The van der Waals surface area contributed by atoms with Gasteiger partial charge in [-0.3, -0.25) is 10.1 Å². The Morgan fingerprint density at radius 3 is 2.28 bits per heavy atom. The van der Waals surface area contributed by atoms with Crippen molar-refractivity contribution in [3.8, 4) is 11.6 Å². The molecule has 3 heterocycles. The zero-order chi connectivity index (χ0) is 29.6. The number of alkyl halides is 8. The zero-order valence-corrected chi connectivity index (χ0v) is 20.6. The Morgan fingerprint density at radius 2 is 1.72 bits per heavy atom. The van der Waals surface area contributed by atoms with Crippen LogP contribution in [0.2, 0.25) is 0 Å². The molecule has 0 radical (unpaired) electrons. The van der Waals surface area contributed by atoms with E-state index in [1.54, 1.807) is 0 Å². The molecule has 4 bridgehead atoms. The van der Waals surface area contributed by atoms with E-state index in [1.807, 2.05) is 5.32 Å². The normalized spacial score (nSPS) is 20.8. The van der Waals surface area contributed by atoms with Gasteiger partial charge >= 0.3 is 18.4 Å². The van der Waals surface area contributed by atoms with Crippen LogP contribution >= 0.6 is 0 Å². The topological polar surface area (TPSA) is 127 Å². The SMILES string of the molecule is CC(C)(C)OC(=O)Nc1cc(C(F)(F)F)c2nc1-c1nnc(o1)[C@@](O)(C(F)(F)F)CC(F)(F)CCCCC2=O. The van der Waals surface area contributed by atoms with E-state index in [0.29, 0.717) is 0 Å². The van der Waals surface area contributed by atoms with Gasteiger partial charge in [0.15, 0.2) is 11.5 Å². The third-order valence-electron chi connectivity index (χ3n) is 5.39. The molecule has 216 valence electrons. The first-order valence-corrected chi connectivity index (χ1v) is 11.3. The van der Waals surface area contributed by atoms with E-state index in [1.165, 1.54) is 20.8 Å². The van der Waals surface area contributed by atoms with E-state index in [4.69, 9.17) is 9.15 Å². The van der Waals surface area contributed by atoms with Crippen LogP contribution in [0.4, 0.5) is 45.6 Å². The minimum Gasteiger partial charge on any atom is -0.444 e. The molecule has 1 amide bonds. The van der Waals surface area contributed by atoms with Gasteiger partial charge in [-0.05, 0) is 39.7 Å². The van der Waals surface area contributed by atoms with Crippen LogP contribution in [0.1, 0.15) is 74.8 Å². The number of aromatic nitrogens is 3. The third kappa shape index (κ3) is 6.80. The number of hydrogen-bond acceptors (Lipinski definition) is 8. The van der Waals surface area contributed by atoms with Crippen molar-refractivity contribution < 1.29 is 59.0 Å². The number of ketones is 1. The summed E-state index contributed by atoms with van der Waals surface area (Å²) in [5, 5.41) is 18.5. The standard InChI is InChI=1S/C22H22F8N4O5/c1-18(2,3)39-17(36)31-11-8-10(21(25,26)27)13-12(35)6-4-5-7-19(23,24)9-20(37,22(28,29)30)16-34-33-15(38-16)14(11)32-13/h8,37H,4-7,9H2,1-3H3,(H,31,36)/t20-/m1/s1. The summed E-state index contributed by atoms with van der Waals surface area (Å²) in [5.41, 5.74) is -10.1. The van der Waals surface area contributed by atoms with Crippen molar-refractivity contribution in [2.45, 2.75) is 82.4 Å². The molecule has 9 nitrogen and oxygen atoms in total. The summed E-state index contributed by atoms with van der Waals surface area (Å²) in [6, 6.07) is 0.277. The van der Waals surface area contributed by atoms with Crippen molar-refractivity contribution in [2.75, 3.05) is 5.32 Å². The fraction of sp³-hybridized carbons (Fsp3) is 0.591. The summed E-state index contributed by atoms with van der Waals surface area (Å²) < 4.78 is 122. The molecule has 1 aliphatic heterocycles. The number of pyridine rings is 1. The minimum absolute atomic E-state index is 0.277. The predicted molar refractivity (Wildman–Crippen MR) is 115 cm³/mol. The van der Waals surface area contributed by atoms with Crippen LogP contribution in [-0.4, -0.2) is 49.9 Å². The molecule has 1 aliphatic rings. The number of fused-ring (bicyclic) bond motifs is 5. The molecule has 3 rings (SSSR count). The Bertz CT molecular complexity index is 1250. The van der Waals surface area contributed by atoms with Gasteiger partial charge in [0, 0.05) is 12.8 Å². The Balaban J connectivity index is 2.29. The maximum Gasteiger partial charge on any atom is 0.426 e. The van der Waals surface area contributed by atoms with Gasteiger partial charge in [-0.1, -0.05) is 0 Å². The lowest BCUT2D eigenvalue weighted by Crippen LogP contribution is -2.47. The first kappa shape index (κ1) is 30.2. The fourth-order valence-electron chi connectivity index (χ4n) is 3.65. The average molecular weight is 574 g/mol. The van der Waals surface area contributed by atoms with Crippen LogP contribution < -0.4 is 5.32 Å². The van der Waals surface area contributed by atoms with Crippen molar-refractivity contribution >= 4 is 17.6 Å². The third-order valence-corrected chi connectivity index (χ3v) is 5.39. The second-order valence-electron chi connectivity index (χ2n) is 9.84. The first-order chi connectivity index (χ1) is 17.6. The number of nitrogens with one attached hydrogen (secondary N) is 1. The summed E-state index contributed by atoms with van der Waals surface area (Å²) >= 11 is 0. The highest BCUT2D eigenvalue weighted by Crippen LogP contribution is 2.47. The first-order valence-electron chi connectivity index (χ1n) is 11.3. The number of nitrogens with zero attached hydrogens (tertiary/aromatic N) is 3. The predicted octanol–water partition coefficient (Wildman–Crippen LogP) is 6.03. The van der Waals surface area contributed by atoms with Crippen LogP contribution in [0.3, 0.4) is 0 Å². The Kier molecular flexibility index (Phi) is 7.73. The lowest BCUT2D eigenvalue weighted by Gasteiger charge is -2.30. The molecule has 2 aromatic rings. The van der Waals surface area contributed by atoms with Crippen molar-refractivity contribution in [3.63, 3.8) is 0 Å². The number of ether oxygens (including phenoxy) is 1. The van der Waals surface area contributed by atoms with Crippen molar-refractivity contribution in [3.05, 3.63) is 23.2 Å². The van der Waals surface area contributed by atoms with Crippen LogP contribution in [0.5, 0.6) is 0 Å². The number of aliphatic hydroxyl groups is 1. The van der Waals surface area contributed by atoms with Crippen LogP contribution in [0.15, 0.2) is 10.5 Å². The van der Waals surface area contributed by atoms with Gasteiger partial charge < -0.3 is 14.3 Å². The fourth-order valence-corrected chi connectivity index (χ4v) is 3.65. The number of Topliss-reactive ketones (excluding diaryl/α,β-unsaturated/α-hetero) is 1. The van der Waals surface area contributed by atoms with Crippen molar-refractivity contribution in [1.82, 2.24) is 15.2 Å². The molecule has 17 heteroatoms. The van der Waals surface area contributed by atoms with Crippen LogP contribution in [0, 0.1) is 0 Å². The van der Waals surface area contributed by atoms with Gasteiger partial charge in [0.25, 0.3) is 17.7 Å².